The zero-order valence-corrected chi connectivity index (χ0v) is 14.6. The highest BCUT2D eigenvalue weighted by Gasteiger charge is 2.18. The van der Waals surface area contributed by atoms with Gasteiger partial charge in [-0.1, -0.05) is 18.2 Å². The highest BCUT2D eigenvalue weighted by Crippen LogP contribution is 2.27. The number of piperazine rings is 1. The summed E-state index contributed by atoms with van der Waals surface area (Å²) in [4.78, 5) is 21.3. The molecule has 1 saturated heterocycles. The minimum atomic E-state index is -0.201. The van der Waals surface area contributed by atoms with Gasteiger partial charge in [-0.05, 0) is 47.2 Å². The van der Waals surface area contributed by atoms with Crippen molar-refractivity contribution in [3.63, 3.8) is 0 Å². The molecular formula is C17H19BrN4O. The normalized spacial score (nSPS) is 15.5. The van der Waals surface area contributed by atoms with Gasteiger partial charge < -0.3 is 15.1 Å². The molecule has 23 heavy (non-hydrogen) atoms. The summed E-state index contributed by atoms with van der Waals surface area (Å²) in [6.45, 7) is 3.96. The number of amides is 1. The molecule has 1 aliphatic heterocycles. The van der Waals surface area contributed by atoms with Gasteiger partial charge in [0.1, 0.15) is 10.3 Å². The molecule has 0 radical (unpaired) electrons. The number of benzene rings is 1. The maximum Gasteiger partial charge on any atom is 0.274 e. The van der Waals surface area contributed by atoms with Gasteiger partial charge in [-0.3, -0.25) is 4.79 Å². The summed E-state index contributed by atoms with van der Waals surface area (Å²) < 4.78 is 0.650. The van der Waals surface area contributed by atoms with Crippen LogP contribution in [0.5, 0.6) is 0 Å². The highest BCUT2D eigenvalue weighted by atomic mass is 79.9. The molecule has 120 valence electrons. The molecule has 6 heteroatoms. The Morgan fingerprint density at radius 2 is 1.83 bits per heavy atom. The Kier molecular flexibility index (Phi) is 4.93. The number of hydrogen-bond donors (Lipinski definition) is 1. The Balaban J connectivity index is 1.79. The lowest BCUT2D eigenvalue weighted by Gasteiger charge is -2.35. The van der Waals surface area contributed by atoms with Crippen LogP contribution < -0.4 is 10.2 Å². The number of rotatable bonds is 3. The SMILES string of the molecule is CN1CCN(c2ccccc2NC(=O)c2cccc(Br)n2)CC1. The van der Waals surface area contributed by atoms with Gasteiger partial charge >= 0.3 is 0 Å². The fraction of sp³-hybridized carbons (Fsp3) is 0.294. The van der Waals surface area contributed by atoms with Crippen molar-refractivity contribution in [2.45, 2.75) is 0 Å². The maximum absolute atomic E-state index is 12.4. The quantitative estimate of drug-likeness (QED) is 0.839. The van der Waals surface area contributed by atoms with Crippen LogP contribution in [0.25, 0.3) is 0 Å². The highest BCUT2D eigenvalue weighted by molar-refractivity contribution is 9.10. The number of nitrogens with zero attached hydrogens (tertiary/aromatic N) is 3. The van der Waals surface area contributed by atoms with E-state index in [0.29, 0.717) is 10.3 Å². The molecule has 1 aromatic carbocycles. The van der Waals surface area contributed by atoms with Crippen LogP contribution in [0.15, 0.2) is 47.1 Å². The van der Waals surface area contributed by atoms with Gasteiger partial charge in [-0.2, -0.15) is 0 Å². The van der Waals surface area contributed by atoms with Gasteiger partial charge in [0.05, 0.1) is 11.4 Å². The van der Waals surface area contributed by atoms with Crippen molar-refractivity contribution >= 4 is 33.2 Å². The molecule has 0 spiro atoms. The molecular weight excluding hydrogens is 356 g/mol. The van der Waals surface area contributed by atoms with Crippen LogP contribution >= 0.6 is 15.9 Å². The van der Waals surface area contributed by atoms with Crippen molar-refractivity contribution in [2.24, 2.45) is 0 Å². The van der Waals surface area contributed by atoms with E-state index in [9.17, 15) is 4.79 Å². The number of para-hydroxylation sites is 2. The topological polar surface area (TPSA) is 48.5 Å². The molecule has 1 aromatic heterocycles. The second kappa shape index (κ2) is 7.10. The minimum Gasteiger partial charge on any atom is -0.367 e. The average molecular weight is 375 g/mol. The monoisotopic (exact) mass is 374 g/mol. The maximum atomic E-state index is 12.4. The number of halogens is 1. The van der Waals surface area contributed by atoms with Gasteiger partial charge in [0.15, 0.2) is 0 Å². The van der Waals surface area contributed by atoms with E-state index in [0.717, 1.165) is 37.6 Å². The van der Waals surface area contributed by atoms with Gasteiger partial charge in [0.2, 0.25) is 0 Å². The first kappa shape index (κ1) is 16.0. The largest absolute Gasteiger partial charge is 0.367 e. The second-order valence-electron chi connectivity index (χ2n) is 5.61. The molecule has 0 unspecified atom stereocenters. The lowest BCUT2D eigenvalue weighted by atomic mass is 10.2. The summed E-state index contributed by atoms with van der Waals surface area (Å²) in [6, 6.07) is 13.2. The van der Waals surface area contributed by atoms with E-state index >= 15 is 0 Å². The number of carbonyl (C=O) groups is 1. The molecule has 1 amide bonds. The van der Waals surface area contributed by atoms with Crippen molar-refractivity contribution in [1.29, 1.82) is 0 Å². The van der Waals surface area contributed by atoms with Gasteiger partial charge in [0, 0.05) is 26.2 Å². The first-order valence-corrected chi connectivity index (χ1v) is 8.39. The fourth-order valence-electron chi connectivity index (χ4n) is 2.62. The first-order chi connectivity index (χ1) is 11.1. The van der Waals surface area contributed by atoms with Crippen LogP contribution in [0, 0.1) is 0 Å². The number of aromatic nitrogens is 1. The summed E-state index contributed by atoms with van der Waals surface area (Å²) in [5, 5.41) is 2.99. The molecule has 2 heterocycles. The minimum absolute atomic E-state index is 0.201. The summed E-state index contributed by atoms with van der Waals surface area (Å²) in [5.74, 6) is -0.201. The predicted molar refractivity (Wildman–Crippen MR) is 96.0 cm³/mol. The fourth-order valence-corrected chi connectivity index (χ4v) is 2.97. The Morgan fingerprint density at radius 3 is 2.57 bits per heavy atom. The standard InChI is InChI=1S/C17H19BrN4O/c1-21-9-11-22(12-10-21)15-7-3-2-5-13(15)20-17(23)14-6-4-8-16(18)19-14/h2-8H,9-12H2,1H3,(H,20,23). The van der Waals surface area contributed by atoms with Crippen LogP contribution in [0.2, 0.25) is 0 Å². The molecule has 1 aliphatic rings. The summed E-state index contributed by atoms with van der Waals surface area (Å²) in [5.41, 5.74) is 2.28. The number of anilines is 2. The van der Waals surface area contributed by atoms with E-state index in [4.69, 9.17) is 0 Å². The van der Waals surface area contributed by atoms with E-state index in [1.807, 2.05) is 18.2 Å². The van der Waals surface area contributed by atoms with Crippen molar-refractivity contribution in [2.75, 3.05) is 43.4 Å². The Morgan fingerprint density at radius 1 is 1.09 bits per heavy atom. The van der Waals surface area contributed by atoms with Gasteiger partial charge in [-0.15, -0.1) is 0 Å². The van der Waals surface area contributed by atoms with Crippen molar-refractivity contribution in [1.82, 2.24) is 9.88 Å². The van der Waals surface area contributed by atoms with Gasteiger partial charge in [-0.25, -0.2) is 4.98 Å². The van der Waals surface area contributed by atoms with Crippen LogP contribution in [0.3, 0.4) is 0 Å². The summed E-state index contributed by atoms with van der Waals surface area (Å²) >= 11 is 3.29. The average Bonchev–Trinajstić information content (AvgIpc) is 2.56. The first-order valence-electron chi connectivity index (χ1n) is 7.60. The van der Waals surface area contributed by atoms with Gasteiger partial charge in [0.25, 0.3) is 5.91 Å². The second-order valence-corrected chi connectivity index (χ2v) is 6.42. The third-order valence-corrected chi connectivity index (χ3v) is 4.39. The van der Waals surface area contributed by atoms with Crippen molar-refractivity contribution in [3.05, 3.63) is 52.8 Å². The molecule has 0 aliphatic carbocycles. The molecule has 1 fully saturated rings. The van der Waals surface area contributed by atoms with Crippen LogP contribution in [-0.4, -0.2) is 49.0 Å². The van der Waals surface area contributed by atoms with E-state index in [-0.39, 0.29) is 5.91 Å². The van der Waals surface area contributed by atoms with Crippen molar-refractivity contribution in [3.8, 4) is 0 Å². The number of likely N-dealkylation sites (N-methyl/N-ethyl adjacent to an activating group) is 1. The summed E-state index contributed by atoms with van der Waals surface area (Å²) in [6.07, 6.45) is 0. The Bertz CT molecular complexity index is 698. The molecule has 5 nitrogen and oxygen atoms in total. The molecule has 0 atom stereocenters. The zero-order valence-electron chi connectivity index (χ0n) is 13.0. The van der Waals surface area contributed by atoms with E-state index in [1.54, 1.807) is 18.2 Å². The van der Waals surface area contributed by atoms with Crippen molar-refractivity contribution < 1.29 is 4.79 Å². The predicted octanol–water partition coefficient (Wildman–Crippen LogP) is 2.85. The Labute approximate surface area is 144 Å². The van der Waals surface area contributed by atoms with Crippen LogP contribution in [-0.2, 0) is 0 Å². The van der Waals surface area contributed by atoms with E-state index in [2.05, 4.69) is 49.1 Å². The number of carbonyl (C=O) groups excluding carboxylic acids is 1. The van der Waals surface area contributed by atoms with E-state index in [1.165, 1.54) is 0 Å². The molecule has 1 N–H and O–H groups in total. The van der Waals surface area contributed by atoms with Crippen LogP contribution in [0.4, 0.5) is 11.4 Å². The number of nitrogens with one attached hydrogen (secondary N) is 1. The summed E-state index contributed by atoms with van der Waals surface area (Å²) in [7, 11) is 2.13. The lowest BCUT2D eigenvalue weighted by molar-refractivity contribution is 0.102. The molecule has 0 saturated carbocycles. The Hall–Kier alpha value is -1.92. The number of pyridine rings is 1. The molecule has 2 aromatic rings. The smallest absolute Gasteiger partial charge is 0.274 e. The zero-order chi connectivity index (χ0) is 16.2. The lowest BCUT2D eigenvalue weighted by Crippen LogP contribution is -2.44. The third-order valence-electron chi connectivity index (χ3n) is 3.94. The molecule has 0 bridgehead atoms. The molecule has 3 rings (SSSR count). The van der Waals surface area contributed by atoms with Crippen LogP contribution in [0.1, 0.15) is 10.5 Å². The van der Waals surface area contributed by atoms with E-state index < -0.39 is 0 Å². The number of hydrogen-bond acceptors (Lipinski definition) is 4. The third kappa shape index (κ3) is 3.89.